The molecule has 0 aliphatic heterocycles. The zero-order valence-corrected chi connectivity index (χ0v) is 9.53. The van der Waals surface area contributed by atoms with E-state index in [2.05, 4.69) is 10.4 Å². The van der Waals surface area contributed by atoms with Gasteiger partial charge in [-0.1, -0.05) is 0 Å². The highest BCUT2D eigenvalue weighted by atomic mass is 16.3. The van der Waals surface area contributed by atoms with Crippen molar-refractivity contribution in [3.05, 3.63) is 17.5 Å². The molecule has 0 bridgehead atoms. The Labute approximate surface area is 89.1 Å². The van der Waals surface area contributed by atoms with Crippen LogP contribution in [-0.4, -0.2) is 26.4 Å². The maximum absolute atomic E-state index is 11.4. The van der Waals surface area contributed by atoms with Gasteiger partial charge in [-0.15, -0.1) is 0 Å². The summed E-state index contributed by atoms with van der Waals surface area (Å²) in [6.45, 7) is 5.19. The molecule has 0 fully saturated rings. The van der Waals surface area contributed by atoms with Crippen molar-refractivity contribution >= 4 is 5.91 Å². The molecule has 0 radical (unpaired) electrons. The van der Waals surface area contributed by atoms with Gasteiger partial charge in [0, 0.05) is 25.4 Å². The van der Waals surface area contributed by atoms with Gasteiger partial charge in [-0.2, -0.15) is 5.10 Å². The van der Waals surface area contributed by atoms with Gasteiger partial charge in [0.1, 0.15) is 5.60 Å². The Hall–Kier alpha value is -1.36. The number of aromatic nitrogens is 2. The summed E-state index contributed by atoms with van der Waals surface area (Å²) in [6.07, 6.45) is 1.85. The monoisotopic (exact) mass is 211 g/mol. The zero-order valence-electron chi connectivity index (χ0n) is 9.53. The van der Waals surface area contributed by atoms with E-state index >= 15 is 0 Å². The summed E-state index contributed by atoms with van der Waals surface area (Å²) in [4.78, 5) is 11.4. The Kier molecular flexibility index (Phi) is 3.14. The van der Waals surface area contributed by atoms with Crippen LogP contribution in [0.2, 0.25) is 0 Å². The third-order valence-corrected chi connectivity index (χ3v) is 2.11. The van der Waals surface area contributed by atoms with Crippen LogP contribution in [0, 0.1) is 6.92 Å². The summed E-state index contributed by atoms with van der Waals surface area (Å²) in [5.41, 5.74) is 0.500. The Morgan fingerprint density at radius 2 is 2.27 bits per heavy atom. The molecule has 5 nitrogen and oxygen atoms in total. The number of nitrogens with zero attached hydrogens (tertiary/aromatic N) is 2. The number of hydrogen-bond donors (Lipinski definition) is 2. The normalized spacial score (nSPS) is 11.5. The standard InChI is InChI=1S/C10H17N3O2/c1-7-8(6-13(4)12-7)5-11-9(14)10(2,3)15/h6,15H,5H2,1-4H3,(H,11,14). The van der Waals surface area contributed by atoms with Gasteiger partial charge < -0.3 is 10.4 Å². The fourth-order valence-corrected chi connectivity index (χ4v) is 1.21. The summed E-state index contributed by atoms with van der Waals surface area (Å²) < 4.78 is 1.70. The van der Waals surface area contributed by atoms with Crippen LogP contribution in [-0.2, 0) is 18.4 Å². The molecular weight excluding hydrogens is 194 g/mol. The molecule has 0 aliphatic carbocycles. The van der Waals surface area contributed by atoms with Gasteiger partial charge in [-0.25, -0.2) is 0 Å². The summed E-state index contributed by atoms with van der Waals surface area (Å²) in [5, 5.41) is 16.2. The molecule has 0 saturated heterocycles. The molecule has 0 atom stereocenters. The van der Waals surface area contributed by atoms with E-state index in [1.165, 1.54) is 13.8 Å². The van der Waals surface area contributed by atoms with Crippen molar-refractivity contribution in [2.24, 2.45) is 7.05 Å². The Morgan fingerprint density at radius 3 is 2.67 bits per heavy atom. The molecule has 1 rings (SSSR count). The maximum Gasteiger partial charge on any atom is 0.251 e. The van der Waals surface area contributed by atoms with Crippen LogP contribution in [0.15, 0.2) is 6.20 Å². The molecule has 5 heteroatoms. The van der Waals surface area contributed by atoms with Crippen molar-refractivity contribution in [1.82, 2.24) is 15.1 Å². The van der Waals surface area contributed by atoms with Crippen LogP contribution >= 0.6 is 0 Å². The fourth-order valence-electron chi connectivity index (χ4n) is 1.21. The van der Waals surface area contributed by atoms with E-state index in [0.717, 1.165) is 11.3 Å². The topological polar surface area (TPSA) is 67.2 Å². The molecule has 15 heavy (non-hydrogen) atoms. The van der Waals surface area contributed by atoms with E-state index < -0.39 is 5.60 Å². The minimum atomic E-state index is -1.34. The quantitative estimate of drug-likeness (QED) is 0.746. The summed E-state index contributed by atoms with van der Waals surface area (Å²) in [6, 6.07) is 0. The minimum absolute atomic E-state index is 0.384. The number of carbonyl (C=O) groups excluding carboxylic acids is 1. The van der Waals surface area contributed by atoms with Crippen molar-refractivity contribution < 1.29 is 9.90 Å². The fraction of sp³-hybridized carbons (Fsp3) is 0.600. The molecule has 0 aromatic carbocycles. The van der Waals surface area contributed by atoms with E-state index in [9.17, 15) is 9.90 Å². The van der Waals surface area contributed by atoms with Gasteiger partial charge in [0.25, 0.3) is 5.91 Å². The zero-order chi connectivity index (χ0) is 11.6. The summed E-state index contributed by atoms with van der Waals surface area (Å²) >= 11 is 0. The number of aryl methyl sites for hydroxylation is 2. The average molecular weight is 211 g/mol. The Bertz CT molecular complexity index is 363. The molecule has 1 aromatic heterocycles. The third-order valence-electron chi connectivity index (χ3n) is 2.11. The molecule has 1 aromatic rings. The number of aliphatic hydroxyl groups is 1. The lowest BCUT2D eigenvalue weighted by atomic mass is 10.1. The van der Waals surface area contributed by atoms with Crippen molar-refractivity contribution in [3.8, 4) is 0 Å². The second-order valence-electron chi connectivity index (χ2n) is 4.16. The molecule has 1 heterocycles. The van der Waals surface area contributed by atoms with Crippen LogP contribution in [0.5, 0.6) is 0 Å². The largest absolute Gasteiger partial charge is 0.381 e. The lowest BCUT2D eigenvalue weighted by Crippen LogP contribution is -2.41. The minimum Gasteiger partial charge on any atom is -0.381 e. The molecule has 0 aliphatic rings. The molecule has 2 N–H and O–H groups in total. The average Bonchev–Trinajstić information content (AvgIpc) is 2.39. The van der Waals surface area contributed by atoms with Crippen LogP contribution < -0.4 is 5.32 Å². The molecule has 84 valence electrons. The van der Waals surface area contributed by atoms with Crippen LogP contribution in [0.4, 0.5) is 0 Å². The first kappa shape index (κ1) is 11.7. The van der Waals surface area contributed by atoms with Gasteiger partial charge in [-0.3, -0.25) is 9.48 Å². The number of rotatable bonds is 3. The third kappa shape index (κ3) is 3.06. The van der Waals surface area contributed by atoms with Gasteiger partial charge in [0.2, 0.25) is 0 Å². The predicted molar refractivity (Wildman–Crippen MR) is 56.1 cm³/mol. The van der Waals surface area contributed by atoms with Gasteiger partial charge >= 0.3 is 0 Å². The van der Waals surface area contributed by atoms with E-state index in [1.54, 1.807) is 4.68 Å². The summed E-state index contributed by atoms with van der Waals surface area (Å²) in [7, 11) is 1.83. The Balaban J connectivity index is 2.58. The second kappa shape index (κ2) is 4.02. The van der Waals surface area contributed by atoms with Crippen LogP contribution in [0.3, 0.4) is 0 Å². The first-order valence-corrected chi connectivity index (χ1v) is 4.80. The summed E-state index contributed by atoms with van der Waals surface area (Å²) in [5.74, 6) is -0.384. The smallest absolute Gasteiger partial charge is 0.251 e. The molecular formula is C10H17N3O2. The molecule has 0 spiro atoms. The number of hydrogen-bond acceptors (Lipinski definition) is 3. The van der Waals surface area contributed by atoms with Gasteiger partial charge in [0.05, 0.1) is 5.69 Å². The van der Waals surface area contributed by atoms with E-state index in [-0.39, 0.29) is 5.91 Å². The van der Waals surface area contributed by atoms with E-state index in [1.807, 2.05) is 20.2 Å². The van der Waals surface area contributed by atoms with Crippen LogP contribution in [0.1, 0.15) is 25.1 Å². The van der Waals surface area contributed by atoms with Crippen molar-refractivity contribution in [3.63, 3.8) is 0 Å². The van der Waals surface area contributed by atoms with Crippen LogP contribution in [0.25, 0.3) is 0 Å². The molecule has 0 unspecified atom stereocenters. The highest BCUT2D eigenvalue weighted by molar-refractivity contribution is 5.83. The lowest BCUT2D eigenvalue weighted by Gasteiger charge is -2.16. The first-order valence-electron chi connectivity index (χ1n) is 4.80. The van der Waals surface area contributed by atoms with E-state index in [0.29, 0.717) is 6.54 Å². The number of amides is 1. The molecule has 0 saturated carbocycles. The maximum atomic E-state index is 11.4. The lowest BCUT2D eigenvalue weighted by molar-refractivity contribution is -0.136. The SMILES string of the molecule is Cc1nn(C)cc1CNC(=O)C(C)(C)O. The number of carbonyl (C=O) groups is 1. The Morgan fingerprint density at radius 1 is 1.67 bits per heavy atom. The highest BCUT2D eigenvalue weighted by Gasteiger charge is 2.23. The highest BCUT2D eigenvalue weighted by Crippen LogP contribution is 2.05. The van der Waals surface area contributed by atoms with Crippen molar-refractivity contribution in [1.29, 1.82) is 0 Å². The van der Waals surface area contributed by atoms with E-state index in [4.69, 9.17) is 0 Å². The van der Waals surface area contributed by atoms with Gasteiger partial charge in [0.15, 0.2) is 0 Å². The first-order chi connectivity index (χ1) is 6.80. The van der Waals surface area contributed by atoms with Gasteiger partial charge in [-0.05, 0) is 20.8 Å². The number of nitrogens with one attached hydrogen (secondary N) is 1. The second-order valence-corrected chi connectivity index (χ2v) is 4.16. The molecule has 1 amide bonds. The van der Waals surface area contributed by atoms with Crippen molar-refractivity contribution in [2.75, 3.05) is 0 Å². The van der Waals surface area contributed by atoms with Crippen molar-refractivity contribution in [2.45, 2.75) is 32.9 Å². The predicted octanol–water partition coefficient (Wildman–Crippen LogP) is 0.116.